The van der Waals surface area contributed by atoms with Crippen LogP contribution in [0.25, 0.3) is 12.2 Å². The molecule has 0 aliphatic rings. The lowest BCUT2D eigenvalue weighted by Gasteiger charge is -2.20. The van der Waals surface area contributed by atoms with Crippen LogP contribution in [-0.2, 0) is 38.1 Å². The predicted octanol–water partition coefficient (Wildman–Crippen LogP) is 5.58. The third kappa shape index (κ3) is 15.1. The molecule has 2 aromatic rings. The van der Waals surface area contributed by atoms with Crippen LogP contribution in [0.3, 0.4) is 0 Å². The average Bonchev–Trinajstić information content (AvgIpc) is 2.96. The van der Waals surface area contributed by atoms with E-state index < -0.39 is 23.3 Å². The number of carbonyl (C=O) groups is 4. The predicted molar refractivity (Wildman–Crippen MR) is 154 cm³/mol. The first-order chi connectivity index (χ1) is 19.0. The molecular formula is C32H38O8. The zero-order chi connectivity index (χ0) is 29.8. The van der Waals surface area contributed by atoms with E-state index in [4.69, 9.17) is 18.9 Å². The van der Waals surface area contributed by atoms with Gasteiger partial charge in [-0.2, -0.15) is 0 Å². The lowest BCUT2D eigenvalue weighted by atomic mass is 9.91. The highest BCUT2D eigenvalue weighted by molar-refractivity contribution is 5.88. The molecule has 0 heterocycles. The Kier molecular flexibility index (Phi) is 15.7. The van der Waals surface area contributed by atoms with Crippen molar-refractivity contribution in [1.82, 2.24) is 0 Å². The Labute approximate surface area is 236 Å². The van der Waals surface area contributed by atoms with Crippen LogP contribution in [0.2, 0.25) is 0 Å². The summed E-state index contributed by atoms with van der Waals surface area (Å²) in [5, 5.41) is 0. The minimum atomic E-state index is -0.503. The molecule has 0 unspecified atom stereocenters. The fourth-order valence-corrected chi connectivity index (χ4v) is 2.57. The van der Waals surface area contributed by atoms with Crippen LogP contribution in [0.5, 0.6) is 0 Å². The smallest absolute Gasteiger partial charge is 0.333 e. The van der Waals surface area contributed by atoms with Crippen molar-refractivity contribution in [2.45, 2.75) is 34.1 Å². The molecule has 0 N–H and O–H groups in total. The molecule has 8 nitrogen and oxygen atoms in total. The third-order valence-corrected chi connectivity index (χ3v) is 5.33. The lowest BCUT2D eigenvalue weighted by Crippen LogP contribution is -2.27. The largest absolute Gasteiger partial charge is 0.462 e. The molecule has 0 saturated carbocycles. The summed E-state index contributed by atoms with van der Waals surface area (Å²) in [6.45, 7) is 10.7. The van der Waals surface area contributed by atoms with Gasteiger partial charge < -0.3 is 18.9 Å². The molecular weight excluding hydrogens is 512 g/mol. The number of esters is 4. The van der Waals surface area contributed by atoms with Crippen LogP contribution < -0.4 is 0 Å². The molecule has 0 aliphatic heterocycles. The van der Waals surface area contributed by atoms with E-state index in [9.17, 15) is 19.2 Å². The SMILES string of the molecule is C=C(C)C(=O)OCCOC(=O)/C=C/c1ccccc1.CCC(C)(C)C(=O)OCCOC(=O)/C=C/c1ccccc1. The van der Waals surface area contributed by atoms with Gasteiger partial charge in [-0.1, -0.05) is 74.2 Å². The number of ether oxygens (including phenoxy) is 4. The number of rotatable bonds is 13. The fourth-order valence-electron chi connectivity index (χ4n) is 2.57. The summed E-state index contributed by atoms with van der Waals surface area (Å²) in [5.74, 6) is -1.70. The van der Waals surface area contributed by atoms with Crippen molar-refractivity contribution in [2.75, 3.05) is 26.4 Å². The van der Waals surface area contributed by atoms with Crippen molar-refractivity contribution >= 4 is 36.0 Å². The third-order valence-electron chi connectivity index (χ3n) is 5.33. The Morgan fingerprint density at radius 1 is 0.700 bits per heavy atom. The zero-order valence-corrected chi connectivity index (χ0v) is 23.6. The number of hydrogen-bond donors (Lipinski definition) is 0. The van der Waals surface area contributed by atoms with Gasteiger partial charge in [0.2, 0.25) is 0 Å². The number of benzene rings is 2. The van der Waals surface area contributed by atoms with Crippen molar-refractivity contribution in [3.05, 3.63) is 96.1 Å². The van der Waals surface area contributed by atoms with Gasteiger partial charge in [0.05, 0.1) is 5.41 Å². The van der Waals surface area contributed by atoms with E-state index in [0.717, 1.165) is 11.1 Å². The second-order valence-electron chi connectivity index (χ2n) is 9.11. The quantitative estimate of drug-likeness (QED) is 0.138. The average molecular weight is 551 g/mol. The van der Waals surface area contributed by atoms with Crippen LogP contribution in [0.15, 0.2) is 85.0 Å². The maximum atomic E-state index is 11.7. The van der Waals surface area contributed by atoms with E-state index in [2.05, 4.69) is 6.58 Å². The van der Waals surface area contributed by atoms with Crippen LogP contribution >= 0.6 is 0 Å². The molecule has 214 valence electrons. The van der Waals surface area contributed by atoms with Gasteiger partial charge in [-0.05, 0) is 50.5 Å². The maximum Gasteiger partial charge on any atom is 0.333 e. The van der Waals surface area contributed by atoms with Gasteiger partial charge in [-0.15, -0.1) is 0 Å². The summed E-state index contributed by atoms with van der Waals surface area (Å²) in [7, 11) is 0. The first kappa shape index (κ1) is 33.6. The first-order valence-electron chi connectivity index (χ1n) is 12.8. The van der Waals surface area contributed by atoms with E-state index in [1.54, 1.807) is 19.1 Å². The van der Waals surface area contributed by atoms with Gasteiger partial charge in [0, 0.05) is 17.7 Å². The Hall–Kier alpha value is -4.46. The fraction of sp³-hybridized carbons (Fsp3) is 0.312. The molecule has 0 aromatic heterocycles. The normalized spacial score (nSPS) is 10.8. The zero-order valence-electron chi connectivity index (χ0n) is 23.6. The summed E-state index contributed by atoms with van der Waals surface area (Å²) in [6.07, 6.45) is 6.71. The highest BCUT2D eigenvalue weighted by atomic mass is 16.6. The molecule has 0 fully saturated rings. The summed E-state index contributed by atoms with van der Waals surface area (Å²) < 4.78 is 19.7. The van der Waals surface area contributed by atoms with E-state index in [1.807, 2.05) is 81.4 Å². The van der Waals surface area contributed by atoms with Crippen molar-refractivity contribution in [2.24, 2.45) is 5.41 Å². The van der Waals surface area contributed by atoms with Crippen LogP contribution in [0.1, 0.15) is 45.2 Å². The van der Waals surface area contributed by atoms with E-state index in [0.29, 0.717) is 12.0 Å². The molecule has 0 radical (unpaired) electrons. The van der Waals surface area contributed by atoms with Gasteiger partial charge in [0.15, 0.2) is 0 Å². The molecule has 0 spiro atoms. The molecule has 0 atom stereocenters. The summed E-state index contributed by atoms with van der Waals surface area (Å²) in [5.41, 5.74) is 1.64. The monoisotopic (exact) mass is 550 g/mol. The first-order valence-corrected chi connectivity index (χ1v) is 12.8. The summed E-state index contributed by atoms with van der Waals surface area (Å²) in [6, 6.07) is 18.9. The molecule has 0 bridgehead atoms. The van der Waals surface area contributed by atoms with Gasteiger partial charge >= 0.3 is 23.9 Å². The van der Waals surface area contributed by atoms with Crippen molar-refractivity contribution in [3.63, 3.8) is 0 Å². The standard InChI is InChI=1S/C17H22O4.C15H16O4/c1-4-17(2,3)16(19)21-13-12-20-15(18)11-10-14-8-6-5-7-9-14;1-12(2)15(17)19-11-10-18-14(16)9-8-13-6-4-3-5-7-13/h5-11H,4,12-13H2,1-3H3;3-9H,1,10-11H2,2H3/b11-10+;9-8+. The molecule has 0 amide bonds. The second kappa shape index (κ2) is 18.7. The Bertz CT molecular complexity index is 1150. The summed E-state index contributed by atoms with van der Waals surface area (Å²) >= 11 is 0. The molecule has 2 rings (SSSR count). The van der Waals surface area contributed by atoms with E-state index in [-0.39, 0.29) is 32.4 Å². The molecule has 40 heavy (non-hydrogen) atoms. The van der Waals surface area contributed by atoms with Crippen LogP contribution in [0, 0.1) is 5.41 Å². The van der Waals surface area contributed by atoms with Gasteiger partial charge in [-0.3, -0.25) is 4.79 Å². The van der Waals surface area contributed by atoms with E-state index in [1.165, 1.54) is 12.2 Å². The molecule has 0 aliphatic carbocycles. The van der Waals surface area contributed by atoms with Gasteiger partial charge in [0.25, 0.3) is 0 Å². The Balaban J connectivity index is 0.000000402. The molecule has 8 heteroatoms. The molecule has 2 aromatic carbocycles. The highest BCUT2D eigenvalue weighted by Crippen LogP contribution is 2.21. The van der Waals surface area contributed by atoms with Crippen molar-refractivity contribution < 1.29 is 38.1 Å². The lowest BCUT2D eigenvalue weighted by molar-refractivity contribution is -0.157. The molecule has 0 saturated heterocycles. The second-order valence-corrected chi connectivity index (χ2v) is 9.11. The van der Waals surface area contributed by atoms with Gasteiger partial charge in [-0.25, -0.2) is 14.4 Å². The number of hydrogen-bond acceptors (Lipinski definition) is 8. The highest BCUT2D eigenvalue weighted by Gasteiger charge is 2.26. The maximum absolute atomic E-state index is 11.7. The minimum absolute atomic E-state index is 0.0244. The van der Waals surface area contributed by atoms with Gasteiger partial charge in [0.1, 0.15) is 26.4 Å². The van der Waals surface area contributed by atoms with E-state index >= 15 is 0 Å². The Morgan fingerprint density at radius 3 is 1.50 bits per heavy atom. The number of carbonyl (C=O) groups excluding carboxylic acids is 4. The minimum Gasteiger partial charge on any atom is -0.462 e. The topological polar surface area (TPSA) is 105 Å². The van der Waals surface area contributed by atoms with Crippen LogP contribution in [-0.4, -0.2) is 50.3 Å². The van der Waals surface area contributed by atoms with Crippen molar-refractivity contribution in [1.29, 1.82) is 0 Å². The van der Waals surface area contributed by atoms with Crippen molar-refractivity contribution in [3.8, 4) is 0 Å². The van der Waals surface area contributed by atoms with Crippen LogP contribution in [0.4, 0.5) is 0 Å². The summed E-state index contributed by atoms with van der Waals surface area (Å²) in [4.78, 5) is 45.5. The Morgan fingerprint density at radius 2 is 1.10 bits per heavy atom.